The van der Waals surface area contributed by atoms with Crippen molar-refractivity contribution in [2.24, 2.45) is 5.92 Å². The van der Waals surface area contributed by atoms with E-state index in [-0.39, 0.29) is 11.8 Å². The number of benzene rings is 1. The minimum atomic E-state index is 0.0941. The van der Waals surface area contributed by atoms with E-state index >= 15 is 0 Å². The Balaban J connectivity index is 2.10. The molecule has 0 spiro atoms. The monoisotopic (exact) mass is 388 g/mol. The first kappa shape index (κ1) is 14.9. The Morgan fingerprint density at radius 2 is 1.79 bits per heavy atom. The predicted molar refractivity (Wildman–Crippen MR) is 86.1 cm³/mol. The molecule has 3 N–H and O–H groups in total. The molecule has 0 radical (unpaired) electrons. The normalized spacial score (nSPS) is 16.9. The topological polar surface area (TPSA) is 55.1 Å². The highest BCUT2D eigenvalue weighted by Gasteiger charge is 2.21. The van der Waals surface area contributed by atoms with Crippen LogP contribution in [0.1, 0.15) is 38.5 Å². The molecule has 1 aliphatic carbocycles. The van der Waals surface area contributed by atoms with Gasteiger partial charge in [-0.15, -0.1) is 0 Å². The summed E-state index contributed by atoms with van der Waals surface area (Å²) in [5, 5.41) is 2.97. The molecule has 0 atom stereocenters. The summed E-state index contributed by atoms with van der Waals surface area (Å²) in [5.41, 5.74) is 7.21. The predicted octanol–water partition coefficient (Wildman–Crippen LogP) is 4.70. The summed E-state index contributed by atoms with van der Waals surface area (Å²) in [6, 6.07) is 3.69. The fraction of sp³-hybridized carbons (Fsp3) is 0.500. The summed E-state index contributed by atoms with van der Waals surface area (Å²) in [5.74, 6) is 0.217. The Kier molecular flexibility index (Phi) is 5.28. The van der Waals surface area contributed by atoms with E-state index in [0.717, 1.165) is 34.6 Å². The fourth-order valence-corrected chi connectivity index (χ4v) is 3.85. The first-order valence-electron chi connectivity index (χ1n) is 6.63. The number of carbonyl (C=O) groups excluding carboxylic acids is 1. The lowest BCUT2D eigenvalue weighted by Crippen LogP contribution is -2.23. The third-order valence-electron chi connectivity index (χ3n) is 3.56. The molecule has 3 nitrogen and oxygen atoms in total. The molecule has 104 valence electrons. The fourth-order valence-electron chi connectivity index (χ4n) is 2.49. The van der Waals surface area contributed by atoms with Crippen molar-refractivity contribution in [1.29, 1.82) is 0 Å². The van der Waals surface area contributed by atoms with Crippen molar-refractivity contribution in [3.05, 3.63) is 21.1 Å². The van der Waals surface area contributed by atoms with Crippen LogP contribution in [-0.4, -0.2) is 5.91 Å². The Labute approximate surface area is 130 Å². The largest absolute Gasteiger partial charge is 0.397 e. The molecule has 0 bridgehead atoms. The van der Waals surface area contributed by atoms with Crippen LogP contribution in [0.25, 0.3) is 0 Å². The lowest BCUT2D eigenvalue weighted by atomic mass is 9.99. The molecule has 0 saturated heterocycles. The van der Waals surface area contributed by atoms with Gasteiger partial charge in [0.1, 0.15) is 0 Å². The van der Waals surface area contributed by atoms with Crippen LogP contribution in [-0.2, 0) is 4.79 Å². The summed E-state index contributed by atoms with van der Waals surface area (Å²) in [6.07, 6.45) is 6.76. The quantitative estimate of drug-likeness (QED) is 0.568. The molecule has 0 aromatic heterocycles. The van der Waals surface area contributed by atoms with E-state index < -0.39 is 0 Å². The van der Waals surface area contributed by atoms with E-state index in [1.54, 1.807) is 6.07 Å². The number of hydrogen-bond acceptors (Lipinski definition) is 2. The minimum absolute atomic E-state index is 0.0941. The van der Waals surface area contributed by atoms with Crippen molar-refractivity contribution in [1.82, 2.24) is 0 Å². The second-order valence-corrected chi connectivity index (χ2v) is 6.80. The van der Waals surface area contributed by atoms with Crippen molar-refractivity contribution in [2.75, 3.05) is 11.1 Å². The number of nitrogens with one attached hydrogen (secondary N) is 1. The van der Waals surface area contributed by atoms with Crippen LogP contribution >= 0.6 is 31.9 Å². The van der Waals surface area contributed by atoms with Crippen molar-refractivity contribution < 1.29 is 4.79 Å². The third-order valence-corrected chi connectivity index (χ3v) is 4.64. The average Bonchev–Trinajstić information content (AvgIpc) is 2.62. The summed E-state index contributed by atoms with van der Waals surface area (Å²) >= 11 is 6.82. The number of hydrogen-bond donors (Lipinski definition) is 2. The van der Waals surface area contributed by atoms with Gasteiger partial charge in [-0.2, -0.15) is 0 Å². The van der Waals surface area contributed by atoms with Gasteiger partial charge in [-0.1, -0.05) is 41.6 Å². The van der Waals surface area contributed by atoms with Gasteiger partial charge in [-0.05, 0) is 40.9 Å². The Morgan fingerprint density at radius 1 is 1.16 bits per heavy atom. The van der Waals surface area contributed by atoms with Gasteiger partial charge in [0, 0.05) is 14.9 Å². The molecule has 0 unspecified atom stereocenters. The van der Waals surface area contributed by atoms with Gasteiger partial charge in [-0.25, -0.2) is 0 Å². The molecular weight excluding hydrogens is 372 g/mol. The minimum Gasteiger partial charge on any atom is -0.397 e. The zero-order valence-corrected chi connectivity index (χ0v) is 13.9. The smallest absolute Gasteiger partial charge is 0.227 e. The van der Waals surface area contributed by atoms with E-state index in [2.05, 4.69) is 37.2 Å². The van der Waals surface area contributed by atoms with Crippen molar-refractivity contribution in [2.45, 2.75) is 38.5 Å². The lowest BCUT2D eigenvalue weighted by Gasteiger charge is -2.16. The standard InChI is InChI=1S/C14H18Br2N2O/c15-10-7-11(16)13(12(17)8-10)18-14(19)9-5-3-1-2-4-6-9/h7-9H,1-6,17H2,(H,18,19). The number of nitrogen functional groups attached to an aromatic ring is 1. The highest BCUT2D eigenvalue weighted by atomic mass is 79.9. The van der Waals surface area contributed by atoms with Gasteiger partial charge < -0.3 is 11.1 Å². The first-order valence-corrected chi connectivity index (χ1v) is 8.22. The van der Waals surface area contributed by atoms with Crippen LogP contribution in [0.5, 0.6) is 0 Å². The van der Waals surface area contributed by atoms with E-state index in [9.17, 15) is 4.79 Å². The van der Waals surface area contributed by atoms with Crippen LogP contribution in [0.3, 0.4) is 0 Å². The third kappa shape index (κ3) is 3.96. The molecule has 0 aliphatic heterocycles. The van der Waals surface area contributed by atoms with E-state index in [1.165, 1.54) is 12.8 Å². The number of halogens is 2. The molecule has 1 fully saturated rings. The number of amides is 1. The number of nitrogens with two attached hydrogens (primary N) is 1. The summed E-state index contributed by atoms with van der Waals surface area (Å²) in [6.45, 7) is 0. The Morgan fingerprint density at radius 3 is 2.37 bits per heavy atom. The second kappa shape index (κ2) is 6.75. The zero-order chi connectivity index (χ0) is 13.8. The van der Waals surface area contributed by atoms with Crippen LogP contribution in [0, 0.1) is 5.92 Å². The molecule has 5 heteroatoms. The lowest BCUT2D eigenvalue weighted by molar-refractivity contribution is -0.120. The Hall–Kier alpha value is -0.550. The van der Waals surface area contributed by atoms with Crippen molar-refractivity contribution in [3.8, 4) is 0 Å². The molecule has 19 heavy (non-hydrogen) atoms. The molecule has 2 rings (SSSR count). The van der Waals surface area contributed by atoms with Crippen LogP contribution in [0.15, 0.2) is 21.1 Å². The number of carbonyl (C=O) groups is 1. The average molecular weight is 390 g/mol. The summed E-state index contributed by atoms with van der Waals surface area (Å²) in [4.78, 5) is 12.3. The van der Waals surface area contributed by atoms with Crippen molar-refractivity contribution in [3.63, 3.8) is 0 Å². The molecule has 1 aromatic rings. The highest BCUT2D eigenvalue weighted by molar-refractivity contribution is 9.11. The molecule has 1 amide bonds. The molecule has 0 heterocycles. The maximum Gasteiger partial charge on any atom is 0.227 e. The van der Waals surface area contributed by atoms with Crippen molar-refractivity contribution >= 4 is 49.1 Å². The SMILES string of the molecule is Nc1cc(Br)cc(Br)c1NC(=O)C1CCCCCC1. The molecule has 1 aliphatic rings. The zero-order valence-electron chi connectivity index (χ0n) is 10.7. The van der Waals surface area contributed by atoms with E-state index in [4.69, 9.17) is 5.73 Å². The highest BCUT2D eigenvalue weighted by Crippen LogP contribution is 2.33. The van der Waals surface area contributed by atoms with Gasteiger partial charge >= 0.3 is 0 Å². The number of anilines is 2. The van der Waals surface area contributed by atoms with Gasteiger partial charge in [0.05, 0.1) is 11.4 Å². The van der Waals surface area contributed by atoms with Gasteiger partial charge in [0.2, 0.25) is 5.91 Å². The van der Waals surface area contributed by atoms with Crippen LogP contribution in [0.2, 0.25) is 0 Å². The Bertz CT molecular complexity index is 446. The van der Waals surface area contributed by atoms with Gasteiger partial charge in [-0.3, -0.25) is 4.79 Å². The molecule has 1 saturated carbocycles. The van der Waals surface area contributed by atoms with Gasteiger partial charge in [0.25, 0.3) is 0 Å². The van der Waals surface area contributed by atoms with Crippen LogP contribution in [0.4, 0.5) is 11.4 Å². The summed E-state index contributed by atoms with van der Waals surface area (Å²) < 4.78 is 1.70. The maximum absolute atomic E-state index is 12.3. The first-order chi connectivity index (χ1) is 9.08. The van der Waals surface area contributed by atoms with Gasteiger partial charge in [0.15, 0.2) is 0 Å². The van der Waals surface area contributed by atoms with E-state index in [1.807, 2.05) is 6.07 Å². The maximum atomic E-state index is 12.3. The summed E-state index contributed by atoms with van der Waals surface area (Å²) in [7, 11) is 0. The second-order valence-electron chi connectivity index (χ2n) is 5.03. The number of rotatable bonds is 2. The van der Waals surface area contributed by atoms with E-state index in [0.29, 0.717) is 11.4 Å². The molecular formula is C14H18Br2N2O. The van der Waals surface area contributed by atoms with Crippen LogP contribution < -0.4 is 11.1 Å². The molecule has 1 aromatic carbocycles.